The van der Waals surface area contributed by atoms with Gasteiger partial charge in [-0.3, -0.25) is 4.79 Å². The summed E-state index contributed by atoms with van der Waals surface area (Å²) in [6.07, 6.45) is 2.18. The molecule has 0 saturated carbocycles. The fraction of sp³-hybridized carbons (Fsp3) is 0.227. The van der Waals surface area contributed by atoms with Crippen molar-refractivity contribution in [1.29, 1.82) is 0 Å². The van der Waals surface area contributed by atoms with Crippen LogP contribution in [-0.2, 0) is 0 Å². The molecule has 4 rings (SSSR count). The fourth-order valence-corrected chi connectivity index (χ4v) is 3.69. The zero-order chi connectivity index (χ0) is 18.8. The van der Waals surface area contributed by atoms with E-state index in [4.69, 9.17) is 4.74 Å². The molecule has 2 N–H and O–H groups in total. The average molecular weight is 362 g/mol. The van der Waals surface area contributed by atoms with Crippen LogP contribution in [0.1, 0.15) is 23.2 Å². The van der Waals surface area contributed by atoms with Gasteiger partial charge in [0.1, 0.15) is 5.75 Å². The molecule has 5 nitrogen and oxygen atoms in total. The highest BCUT2D eigenvalue weighted by Gasteiger charge is 2.24. The summed E-state index contributed by atoms with van der Waals surface area (Å²) in [5.74, 6) is 0.247. The van der Waals surface area contributed by atoms with Gasteiger partial charge in [-0.1, -0.05) is 36.4 Å². The van der Waals surface area contributed by atoms with Gasteiger partial charge in [0.2, 0.25) is 0 Å². The Morgan fingerprint density at radius 1 is 1.07 bits per heavy atom. The van der Waals surface area contributed by atoms with Crippen molar-refractivity contribution in [2.75, 3.05) is 30.4 Å². The van der Waals surface area contributed by atoms with Crippen LogP contribution in [0.15, 0.2) is 54.6 Å². The standard InChI is InChI=1S/C22H22N2O3/c1-27-19-11-5-4-10-18(19)23-22(26)17-14-15-8-2-3-9-16(15)20(21(17)25)24-12-6-7-13-24/h2-5,8-11,14,25H,6-7,12-13H2,1H3,(H,23,26). The number of ether oxygens (including phenoxy) is 1. The van der Waals surface area contributed by atoms with Gasteiger partial charge in [0.25, 0.3) is 5.91 Å². The molecule has 27 heavy (non-hydrogen) atoms. The molecule has 0 radical (unpaired) electrons. The Kier molecular flexibility index (Phi) is 4.59. The smallest absolute Gasteiger partial charge is 0.259 e. The van der Waals surface area contributed by atoms with Crippen molar-refractivity contribution < 1.29 is 14.6 Å². The Labute approximate surface area is 158 Å². The number of carbonyl (C=O) groups excluding carboxylic acids is 1. The number of anilines is 2. The van der Waals surface area contributed by atoms with Gasteiger partial charge in [0, 0.05) is 18.5 Å². The van der Waals surface area contributed by atoms with Crippen LogP contribution < -0.4 is 15.0 Å². The molecule has 0 aromatic heterocycles. The fourth-order valence-electron chi connectivity index (χ4n) is 3.69. The second-order valence-corrected chi connectivity index (χ2v) is 6.69. The number of hydrogen-bond donors (Lipinski definition) is 2. The number of hydrogen-bond acceptors (Lipinski definition) is 4. The van der Waals surface area contributed by atoms with E-state index in [-0.39, 0.29) is 17.2 Å². The lowest BCUT2D eigenvalue weighted by atomic mass is 10.0. The minimum absolute atomic E-state index is 0.0306. The van der Waals surface area contributed by atoms with E-state index >= 15 is 0 Å². The van der Waals surface area contributed by atoms with E-state index < -0.39 is 0 Å². The maximum absolute atomic E-state index is 13.0. The molecule has 3 aromatic rings. The summed E-state index contributed by atoms with van der Waals surface area (Å²) >= 11 is 0. The number of methoxy groups -OCH3 is 1. The zero-order valence-corrected chi connectivity index (χ0v) is 15.2. The summed E-state index contributed by atoms with van der Waals surface area (Å²) < 4.78 is 5.30. The summed E-state index contributed by atoms with van der Waals surface area (Å²) in [6.45, 7) is 1.77. The molecule has 1 saturated heterocycles. The van der Waals surface area contributed by atoms with E-state index in [0.717, 1.165) is 42.4 Å². The van der Waals surface area contributed by atoms with Gasteiger partial charge >= 0.3 is 0 Å². The molecule has 1 aliphatic heterocycles. The van der Waals surface area contributed by atoms with Gasteiger partial charge in [0.15, 0.2) is 5.75 Å². The Morgan fingerprint density at radius 2 is 1.78 bits per heavy atom. The molecule has 0 atom stereocenters. The quantitative estimate of drug-likeness (QED) is 0.722. The van der Waals surface area contributed by atoms with Crippen molar-refractivity contribution in [3.05, 3.63) is 60.2 Å². The van der Waals surface area contributed by atoms with E-state index in [0.29, 0.717) is 11.4 Å². The number of benzene rings is 3. The van der Waals surface area contributed by atoms with Crippen molar-refractivity contribution in [2.24, 2.45) is 0 Å². The molecule has 5 heteroatoms. The SMILES string of the molecule is COc1ccccc1NC(=O)c1cc2ccccc2c(N2CCCC2)c1O. The summed E-state index contributed by atoms with van der Waals surface area (Å²) in [7, 11) is 1.56. The van der Waals surface area contributed by atoms with E-state index in [1.54, 1.807) is 25.3 Å². The Hall–Kier alpha value is -3.21. The van der Waals surface area contributed by atoms with Crippen LogP contribution in [0.4, 0.5) is 11.4 Å². The summed E-state index contributed by atoms with van der Waals surface area (Å²) in [5.41, 5.74) is 1.58. The van der Waals surface area contributed by atoms with E-state index in [9.17, 15) is 9.90 Å². The molecule has 1 fully saturated rings. The lowest BCUT2D eigenvalue weighted by Crippen LogP contribution is -2.20. The number of amides is 1. The highest BCUT2D eigenvalue weighted by atomic mass is 16.5. The third-order valence-electron chi connectivity index (χ3n) is 5.02. The first-order valence-electron chi connectivity index (χ1n) is 9.13. The minimum atomic E-state index is -0.358. The van der Waals surface area contributed by atoms with E-state index in [2.05, 4.69) is 10.2 Å². The molecule has 0 aliphatic carbocycles. The zero-order valence-electron chi connectivity index (χ0n) is 15.2. The van der Waals surface area contributed by atoms with Crippen LogP contribution in [0.3, 0.4) is 0 Å². The Bertz CT molecular complexity index is 994. The van der Waals surface area contributed by atoms with E-state index in [1.165, 1.54) is 0 Å². The number of nitrogens with zero attached hydrogens (tertiary/aromatic N) is 1. The largest absolute Gasteiger partial charge is 0.505 e. The highest BCUT2D eigenvalue weighted by Crippen LogP contribution is 2.40. The third kappa shape index (κ3) is 3.16. The molecule has 1 amide bonds. The first-order valence-corrected chi connectivity index (χ1v) is 9.13. The second kappa shape index (κ2) is 7.19. The van der Waals surface area contributed by atoms with Crippen molar-refractivity contribution >= 4 is 28.1 Å². The van der Waals surface area contributed by atoms with Gasteiger partial charge in [-0.25, -0.2) is 0 Å². The molecular weight excluding hydrogens is 340 g/mol. The molecule has 1 heterocycles. The van der Waals surface area contributed by atoms with Crippen LogP contribution in [0.5, 0.6) is 11.5 Å². The number of aromatic hydroxyl groups is 1. The first-order chi connectivity index (χ1) is 13.2. The maximum Gasteiger partial charge on any atom is 0.259 e. The number of carbonyl (C=O) groups is 1. The normalized spacial score (nSPS) is 13.7. The molecule has 1 aliphatic rings. The average Bonchev–Trinajstić information content (AvgIpc) is 3.22. The molecule has 3 aromatic carbocycles. The van der Waals surface area contributed by atoms with Crippen LogP contribution in [-0.4, -0.2) is 31.2 Å². The molecule has 0 unspecified atom stereocenters. The number of para-hydroxylation sites is 2. The number of phenolic OH excluding ortho intramolecular Hbond substituents is 1. The third-order valence-corrected chi connectivity index (χ3v) is 5.02. The van der Waals surface area contributed by atoms with Gasteiger partial charge in [-0.2, -0.15) is 0 Å². The Morgan fingerprint density at radius 3 is 2.56 bits per heavy atom. The van der Waals surface area contributed by atoms with Crippen molar-refractivity contribution in [3.8, 4) is 11.5 Å². The van der Waals surface area contributed by atoms with Gasteiger partial charge in [0.05, 0.1) is 24.0 Å². The molecular formula is C22H22N2O3. The highest BCUT2D eigenvalue weighted by molar-refractivity contribution is 6.12. The lowest BCUT2D eigenvalue weighted by Gasteiger charge is -2.23. The monoisotopic (exact) mass is 362 g/mol. The van der Waals surface area contributed by atoms with E-state index in [1.807, 2.05) is 36.4 Å². The molecule has 138 valence electrons. The topological polar surface area (TPSA) is 61.8 Å². The second-order valence-electron chi connectivity index (χ2n) is 6.69. The van der Waals surface area contributed by atoms with Crippen LogP contribution >= 0.6 is 0 Å². The number of fused-ring (bicyclic) bond motifs is 1. The van der Waals surface area contributed by atoms with Crippen molar-refractivity contribution in [2.45, 2.75) is 12.8 Å². The number of rotatable bonds is 4. The van der Waals surface area contributed by atoms with Gasteiger partial charge in [-0.05, 0) is 36.4 Å². The summed E-state index contributed by atoms with van der Waals surface area (Å²) in [5, 5.41) is 15.7. The van der Waals surface area contributed by atoms with Crippen molar-refractivity contribution in [1.82, 2.24) is 0 Å². The predicted octanol–water partition coefficient (Wildman–Crippen LogP) is 4.41. The Balaban J connectivity index is 1.79. The minimum Gasteiger partial charge on any atom is -0.505 e. The molecule has 0 bridgehead atoms. The maximum atomic E-state index is 13.0. The van der Waals surface area contributed by atoms with Crippen LogP contribution in [0.25, 0.3) is 10.8 Å². The summed E-state index contributed by atoms with van der Waals surface area (Å²) in [6, 6.07) is 16.8. The molecule has 0 spiro atoms. The summed E-state index contributed by atoms with van der Waals surface area (Å²) in [4.78, 5) is 15.1. The lowest BCUT2D eigenvalue weighted by molar-refractivity contribution is 0.102. The number of phenols is 1. The van der Waals surface area contributed by atoms with Gasteiger partial charge in [-0.15, -0.1) is 0 Å². The number of nitrogens with one attached hydrogen (secondary N) is 1. The van der Waals surface area contributed by atoms with Gasteiger partial charge < -0.3 is 20.1 Å². The van der Waals surface area contributed by atoms with Crippen LogP contribution in [0.2, 0.25) is 0 Å². The predicted molar refractivity (Wildman–Crippen MR) is 108 cm³/mol. The van der Waals surface area contributed by atoms with Crippen LogP contribution in [0, 0.1) is 0 Å². The first kappa shape index (κ1) is 17.2. The van der Waals surface area contributed by atoms with Crippen molar-refractivity contribution in [3.63, 3.8) is 0 Å².